The SMILES string of the molecule is C[C@@H](Nc1ccc(Cl)nc1C(=O)O)c1cc(Cl)cn2c(=O)cc(N3CCCCC3)nc12. The quantitative estimate of drug-likeness (QED) is 0.547. The lowest BCUT2D eigenvalue weighted by Gasteiger charge is -2.28. The largest absolute Gasteiger partial charge is 0.476 e. The van der Waals surface area contributed by atoms with E-state index >= 15 is 0 Å². The number of carbonyl (C=O) groups is 1. The fourth-order valence-electron chi connectivity index (χ4n) is 3.81. The fraction of sp³-hybridized carbons (Fsp3) is 0.333. The van der Waals surface area contributed by atoms with Gasteiger partial charge in [-0.2, -0.15) is 0 Å². The first-order valence-corrected chi connectivity index (χ1v) is 10.7. The van der Waals surface area contributed by atoms with Gasteiger partial charge in [0.2, 0.25) is 0 Å². The van der Waals surface area contributed by atoms with Gasteiger partial charge in [0.15, 0.2) is 5.69 Å². The smallest absolute Gasteiger partial charge is 0.356 e. The van der Waals surface area contributed by atoms with Crippen molar-refractivity contribution in [2.45, 2.75) is 32.2 Å². The van der Waals surface area contributed by atoms with Crippen LogP contribution in [0.5, 0.6) is 0 Å². The molecule has 1 saturated heterocycles. The van der Waals surface area contributed by atoms with E-state index in [2.05, 4.69) is 15.2 Å². The number of nitrogens with zero attached hydrogens (tertiary/aromatic N) is 4. The maximum Gasteiger partial charge on any atom is 0.356 e. The predicted molar refractivity (Wildman–Crippen MR) is 121 cm³/mol. The zero-order valence-electron chi connectivity index (χ0n) is 16.8. The molecule has 31 heavy (non-hydrogen) atoms. The summed E-state index contributed by atoms with van der Waals surface area (Å²) < 4.78 is 1.42. The van der Waals surface area contributed by atoms with E-state index in [0.717, 1.165) is 25.9 Å². The molecule has 0 saturated carbocycles. The molecule has 1 aliphatic rings. The Kier molecular flexibility index (Phi) is 6.02. The number of rotatable bonds is 5. The summed E-state index contributed by atoms with van der Waals surface area (Å²) in [4.78, 5) is 35.2. The maximum atomic E-state index is 12.8. The van der Waals surface area contributed by atoms with Crippen LogP contribution in [-0.2, 0) is 0 Å². The highest BCUT2D eigenvalue weighted by Gasteiger charge is 2.20. The van der Waals surface area contributed by atoms with Gasteiger partial charge in [0.25, 0.3) is 5.56 Å². The van der Waals surface area contributed by atoms with Gasteiger partial charge >= 0.3 is 5.97 Å². The second-order valence-electron chi connectivity index (χ2n) is 7.51. The van der Waals surface area contributed by atoms with E-state index in [9.17, 15) is 14.7 Å². The van der Waals surface area contributed by atoms with Crippen LogP contribution in [0.2, 0.25) is 10.2 Å². The Balaban J connectivity index is 1.78. The van der Waals surface area contributed by atoms with Crippen molar-refractivity contribution >= 4 is 46.3 Å². The number of hydrogen-bond acceptors (Lipinski definition) is 6. The maximum absolute atomic E-state index is 12.8. The van der Waals surface area contributed by atoms with E-state index in [4.69, 9.17) is 28.2 Å². The molecule has 10 heteroatoms. The summed E-state index contributed by atoms with van der Waals surface area (Å²) >= 11 is 12.1. The molecule has 0 bridgehead atoms. The normalized spacial score (nSPS) is 15.1. The number of nitrogens with one attached hydrogen (secondary N) is 1. The number of piperidine rings is 1. The Morgan fingerprint density at radius 3 is 2.61 bits per heavy atom. The lowest BCUT2D eigenvalue weighted by molar-refractivity contribution is 0.0691. The average molecular weight is 462 g/mol. The van der Waals surface area contributed by atoms with Crippen LogP contribution in [0.25, 0.3) is 5.65 Å². The molecular weight excluding hydrogens is 441 g/mol. The Hall–Kier alpha value is -2.84. The molecule has 162 valence electrons. The van der Waals surface area contributed by atoms with Crippen molar-refractivity contribution in [2.24, 2.45) is 0 Å². The Morgan fingerprint density at radius 2 is 1.90 bits per heavy atom. The van der Waals surface area contributed by atoms with Gasteiger partial charge in [-0.15, -0.1) is 0 Å². The molecular formula is C21H21Cl2N5O3. The van der Waals surface area contributed by atoms with Gasteiger partial charge in [-0.05, 0) is 44.4 Å². The van der Waals surface area contributed by atoms with Crippen LogP contribution in [0.4, 0.5) is 11.5 Å². The van der Waals surface area contributed by atoms with Gasteiger partial charge in [-0.3, -0.25) is 9.20 Å². The molecule has 1 atom stereocenters. The van der Waals surface area contributed by atoms with Crippen LogP contribution in [0.1, 0.15) is 48.3 Å². The van der Waals surface area contributed by atoms with Crippen LogP contribution in [-0.4, -0.2) is 38.5 Å². The molecule has 3 aromatic heterocycles. The molecule has 0 amide bonds. The summed E-state index contributed by atoms with van der Waals surface area (Å²) in [5.74, 6) is -0.560. The van der Waals surface area contributed by atoms with Gasteiger partial charge in [-0.25, -0.2) is 14.8 Å². The van der Waals surface area contributed by atoms with E-state index in [1.165, 1.54) is 29.2 Å². The lowest BCUT2D eigenvalue weighted by Crippen LogP contribution is -2.32. The second-order valence-corrected chi connectivity index (χ2v) is 8.33. The molecule has 8 nitrogen and oxygen atoms in total. The van der Waals surface area contributed by atoms with Crippen molar-refractivity contribution in [3.63, 3.8) is 0 Å². The Labute approximate surface area is 188 Å². The third kappa shape index (κ3) is 4.45. The summed E-state index contributed by atoms with van der Waals surface area (Å²) in [6.07, 6.45) is 4.84. The molecule has 4 rings (SSSR count). The predicted octanol–water partition coefficient (Wildman–Crippen LogP) is 4.26. The molecule has 4 heterocycles. The van der Waals surface area contributed by atoms with Gasteiger partial charge in [-0.1, -0.05) is 23.2 Å². The number of pyridine rings is 2. The summed E-state index contributed by atoms with van der Waals surface area (Å²) in [6, 6.07) is 5.91. The minimum absolute atomic E-state index is 0.0863. The topological polar surface area (TPSA) is 99.8 Å². The molecule has 0 aromatic carbocycles. The van der Waals surface area contributed by atoms with Crippen LogP contribution in [0.15, 0.2) is 35.3 Å². The van der Waals surface area contributed by atoms with Crippen molar-refractivity contribution in [1.29, 1.82) is 0 Å². The first kappa shape index (κ1) is 21.4. The monoisotopic (exact) mass is 461 g/mol. The third-order valence-electron chi connectivity index (χ3n) is 5.33. The van der Waals surface area contributed by atoms with Crippen LogP contribution >= 0.6 is 23.2 Å². The number of aromatic nitrogens is 3. The third-order valence-corrected chi connectivity index (χ3v) is 5.74. The fourth-order valence-corrected chi connectivity index (χ4v) is 4.17. The number of fused-ring (bicyclic) bond motifs is 1. The van der Waals surface area contributed by atoms with Gasteiger partial charge in [0.1, 0.15) is 16.6 Å². The zero-order valence-corrected chi connectivity index (χ0v) is 18.3. The zero-order chi connectivity index (χ0) is 22.1. The van der Waals surface area contributed by atoms with Gasteiger partial charge in [0, 0.05) is 30.9 Å². The summed E-state index contributed by atoms with van der Waals surface area (Å²) in [6.45, 7) is 3.56. The van der Waals surface area contributed by atoms with Crippen molar-refractivity contribution in [3.05, 3.63) is 62.2 Å². The van der Waals surface area contributed by atoms with Crippen LogP contribution in [0, 0.1) is 0 Å². The summed E-state index contributed by atoms with van der Waals surface area (Å²) in [5, 5.41) is 13.1. The molecule has 0 unspecified atom stereocenters. The Bertz CT molecular complexity index is 1210. The molecule has 2 N–H and O–H groups in total. The standard InChI is InChI=1S/C21H21Cl2N5O3/c1-12(24-15-5-6-16(23)25-19(15)21(30)31)14-9-13(22)11-28-18(29)10-17(26-20(14)28)27-7-3-2-4-8-27/h5-6,9-12,24H,2-4,7-8H2,1H3,(H,30,31)/t12-/m1/s1. The van der Waals surface area contributed by atoms with E-state index in [1.54, 1.807) is 12.1 Å². The number of carboxylic acids is 1. The number of hydrogen-bond donors (Lipinski definition) is 2. The highest BCUT2D eigenvalue weighted by molar-refractivity contribution is 6.30. The minimum atomic E-state index is -1.20. The Morgan fingerprint density at radius 1 is 1.16 bits per heavy atom. The average Bonchev–Trinajstić information content (AvgIpc) is 2.75. The van der Waals surface area contributed by atoms with Crippen LogP contribution < -0.4 is 15.8 Å². The molecule has 0 radical (unpaired) electrons. The van der Waals surface area contributed by atoms with Gasteiger partial charge < -0.3 is 15.3 Å². The molecule has 3 aromatic rings. The van der Waals surface area contributed by atoms with E-state index < -0.39 is 12.0 Å². The highest BCUT2D eigenvalue weighted by atomic mass is 35.5. The van der Waals surface area contributed by atoms with E-state index in [0.29, 0.717) is 27.7 Å². The van der Waals surface area contributed by atoms with Crippen molar-refractivity contribution < 1.29 is 9.90 Å². The van der Waals surface area contributed by atoms with Crippen molar-refractivity contribution in [3.8, 4) is 0 Å². The first-order chi connectivity index (χ1) is 14.8. The van der Waals surface area contributed by atoms with Crippen LogP contribution in [0.3, 0.4) is 0 Å². The van der Waals surface area contributed by atoms with Crippen molar-refractivity contribution in [1.82, 2.24) is 14.4 Å². The molecule has 1 fully saturated rings. The van der Waals surface area contributed by atoms with Gasteiger partial charge in [0.05, 0.1) is 16.8 Å². The molecule has 0 aliphatic carbocycles. The number of carboxylic acid groups (broad SMARTS) is 1. The number of anilines is 2. The molecule has 0 spiro atoms. The van der Waals surface area contributed by atoms with E-state index in [1.807, 2.05) is 6.92 Å². The lowest BCUT2D eigenvalue weighted by atomic mass is 10.1. The number of aromatic carboxylic acids is 1. The highest BCUT2D eigenvalue weighted by Crippen LogP contribution is 2.28. The molecule has 1 aliphatic heterocycles. The summed E-state index contributed by atoms with van der Waals surface area (Å²) in [7, 11) is 0. The summed E-state index contributed by atoms with van der Waals surface area (Å²) in [5.41, 5.74) is 1.02. The van der Waals surface area contributed by atoms with Crippen molar-refractivity contribution in [2.75, 3.05) is 23.3 Å². The first-order valence-electron chi connectivity index (χ1n) is 9.97. The second kappa shape index (κ2) is 8.72. The minimum Gasteiger partial charge on any atom is -0.476 e. The van der Waals surface area contributed by atoms with E-state index in [-0.39, 0.29) is 16.4 Å². The number of halogens is 2.